The lowest BCUT2D eigenvalue weighted by Crippen LogP contribution is -2.53. The predicted octanol–water partition coefficient (Wildman–Crippen LogP) is -1.03. The summed E-state index contributed by atoms with van der Waals surface area (Å²) in [6.45, 7) is 1.30. The van der Waals surface area contributed by atoms with E-state index in [0.29, 0.717) is 0 Å². The summed E-state index contributed by atoms with van der Waals surface area (Å²) in [4.78, 5) is 46.0. The van der Waals surface area contributed by atoms with E-state index in [1.54, 1.807) is 0 Å². The molecule has 6 N–H and O–H groups in total. The summed E-state index contributed by atoms with van der Waals surface area (Å²) in [5.74, 6) is -2.30. The Morgan fingerprint density at radius 2 is 1.62 bits per heavy atom. The van der Waals surface area contributed by atoms with Crippen LogP contribution in [0.1, 0.15) is 25.3 Å². The minimum absolute atomic E-state index is 0.00847. The number of nitrogens with one attached hydrogen (secondary N) is 2. The second kappa shape index (κ2) is 9.29. The highest BCUT2D eigenvalue weighted by Gasteiger charge is 2.25. The molecule has 0 aliphatic carbocycles. The topological polar surface area (TPSA) is 144 Å². The minimum Gasteiger partial charge on any atom is -0.370 e. The molecule has 0 aliphatic rings. The van der Waals surface area contributed by atoms with Gasteiger partial charge in [-0.1, -0.05) is 30.3 Å². The SMILES string of the molecule is CC(=O)N[C@@H](Cc1ccccc1)C(=O)N[C@@H](CCC(N)=O)C(N)=O. The number of primary amides is 2. The van der Waals surface area contributed by atoms with Crippen molar-refractivity contribution in [1.29, 1.82) is 0 Å². The molecular formula is C16H22N4O4. The first-order valence-electron chi connectivity index (χ1n) is 7.48. The molecule has 0 saturated carbocycles. The van der Waals surface area contributed by atoms with Gasteiger partial charge in [-0.05, 0) is 12.0 Å². The molecule has 24 heavy (non-hydrogen) atoms. The second-order valence-electron chi connectivity index (χ2n) is 5.41. The summed E-state index contributed by atoms with van der Waals surface area (Å²) < 4.78 is 0. The third-order valence-electron chi connectivity index (χ3n) is 3.32. The Morgan fingerprint density at radius 1 is 1.00 bits per heavy atom. The van der Waals surface area contributed by atoms with Gasteiger partial charge in [0.2, 0.25) is 23.6 Å². The first-order chi connectivity index (χ1) is 11.3. The van der Waals surface area contributed by atoms with Crippen molar-refractivity contribution in [1.82, 2.24) is 10.6 Å². The Morgan fingerprint density at radius 3 is 2.12 bits per heavy atom. The Kier molecular flexibility index (Phi) is 7.41. The zero-order valence-electron chi connectivity index (χ0n) is 13.5. The van der Waals surface area contributed by atoms with Gasteiger partial charge in [0.05, 0.1) is 0 Å². The number of nitrogens with two attached hydrogens (primary N) is 2. The van der Waals surface area contributed by atoms with E-state index in [-0.39, 0.29) is 25.2 Å². The highest BCUT2D eigenvalue weighted by molar-refractivity contribution is 5.91. The summed E-state index contributed by atoms with van der Waals surface area (Å²) in [7, 11) is 0. The van der Waals surface area contributed by atoms with E-state index in [0.717, 1.165) is 5.56 Å². The maximum atomic E-state index is 12.4. The summed E-state index contributed by atoms with van der Waals surface area (Å²) in [6.07, 6.45) is 0.180. The van der Waals surface area contributed by atoms with E-state index < -0.39 is 29.8 Å². The van der Waals surface area contributed by atoms with Gasteiger partial charge >= 0.3 is 0 Å². The smallest absolute Gasteiger partial charge is 0.243 e. The van der Waals surface area contributed by atoms with Crippen molar-refractivity contribution >= 4 is 23.6 Å². The molecule has 0 heterocycles. The van der Waals surface area contributed by atoms with Gasteiger partial charge in [0.25, 0.3) is 0 Å². The molecule has 0 aromatic heterocycles. The van der Waals surface area contributed by atoms with Crippen LogP contribution in [0.5, 0.6) is 0 Å². The highest BCUT2D eigenvalue weighted by atomic mass is 16.2. The average Bonchev–Trinajstić information content (AvgIpc) is 2.50. The van der Waals surface area contributed by atoms with Crippen LogP contribution in [-0.4, -0.2) is 35.7 Å². The quantitative estimate of drug-likeness (QED) is 0.457. The Balaban J connectivity index is 2.79. The molecule has 0 bridgehead atoms. The van der Waals surface area contributed by atoms with E-state index in [1.807, 2.05) is 30.3 Å². The van der Waals surface area contributed by atoms with Crippen molar-refractivity contribution in [2.75, 3.05) is 0 Å². The molecule has 0 unspecified atom stereocenters. The predicted molar refractivity (Wildman–Crippen MR) is 87.3 cm³/mol. The largest absolute Gasteiger partial charge is 0.370 e. The molecule has 2 atom stereocenters. The van der Waals surface area contributed by atoms with Crippen molar-refractivity contribution < 1.29 is 19.2 Å². The number of carbonyl (C=O) groups excluding carboxylic acids is 4. The summed E-state index contributed by atoms with van der Waals surface area (Å²) >= 11 is 0. The van der Waals surface area contributed by atoms with Gasteiger partial charge in [-0.2, -0.15) is 0 Å². The van der Waals surface area contributed by atoms with Gasteiger partial charge in [0.1, 0.15) is 12.1 Å². The summed E-state index contributed by atoms with van der Waals surface area (Å²) in [6, 6.07) is 7.22. The van der Waals surface area contributed by atoms with E-state index in [9.17, 15) is 19.2 Å². The van der Waals surface area contributed by atoms with Crippen LogP contribution < -0.4 is 22.1 Å². The number of rotatable bonds is 9. The number of amides is 4. The van der Waals surface area contributed by atoms with Crippen molar-refractivity contribution in [3.63, 3.8) is 0 Å². The zero-order valence-corrected chi connectivity index (χ0v) is 13.5. The normalized spacial score (nSPS) is 12.7. The molecule has 0 fully saturated rings. The van der Waals surface area contributed by atoms with E-state index in [1.165, 1.54) is 6.92 Å². The molecule has 130 valence electrons. The van der Waals surface area contributed by atoms with Crippen LogP contribution in [0, 0.1) is 0 Å². The third-order valence-corrected chi connectivity index (χ3v) is 3.32. The molecule has 8 nitrogen and oxygen atoms in total. The molecule has 8 heteroatoms. The zero-order chi connectivity index (χ0) is 18.1. The van der Waals surface area contributed by atoms with Crippen LogP contribution in [0.4, 0.5) is 0 Å². The standard InChI is InChI=1S/C16H22N4O4/c1-10(21)19-13(9-11-5-3-2-4-6-11)16(24)20-12(15(18)23)7-8-14(17)22/h2-6,12-13H,7-9H2,1H3,(H2,17,22)(H2,18,23)(H,19,21)(H,20,24)/t12-,13-/m0/s1. The first-order valence-corrected chi connectivity index (χ1v) is 7.48. The number of carbonyl (C=O) groups is 4. The Bertz CT molecular complexity index is 603. The number of hydrogen-bond acceptors (Lipinski definition) is 4. The van der Waals surface area contributed by atoms with Gasteiger partial charge in [-0.15, -0.1) is 0 Å². The lowest BCUT2D eigenvalue weighted by Gasteiger charge is -2.21. The second-order valence-corrected chi connectivity index (χ2v) is 5.41. The molecule has 1 aromatic rings. The van der Waals surface area contributed by atoms with Crippen LogP contribution in [0.2, 0.25) is 0 Å². The fraction of sp³-hybridized carbons (Fsp3) is 0.375. The molecule has 4 amide bonds. The van der Waals surface area contributed by atoms with Crippen molar-refractivity contribution in [3.05, 3.63) is 35.9 Å². The molecule has 1 rings (SSSR count). The van der Waals surface area contributed by atoms with Gasteiger partial charge in [-0.25, -0.2) is 0 Å². The molecule has 0 saturated heterocycles. The van der Waals surface area contributed by atoms with E-state index in [2.05, 4.69) is 10.6 Å². The van der Waals surface area contributed by atoms with E-state index >= 15 is 0 Å². The first kappa shape index (κ1) is 19.1. The van der Waals surface area contributed by atoms with Crippen molar-refractivity contribution in [2.24, 2.45) is 11.5 Å². The third kappa shape index (κ3) is 6.91. The number of benzene rings is 1. The molecule has 0 spiro atoms. The Labute approximate surface area is 140 Å². The van der Waals surface area contributed by atoms with Crippen LogP contribution in [-0.2, 0) is 25.6 Å². The van der Waals surface area contributed by atoms with Gasteiger partial charge in [0, 0.05) is 19.8 Å². The monoisotopic (exact) mass is 334 g/mol. The maximum Gasteiger partial charge on any atom is 0.243 e. The van der Waals surface area contributed by atoms with Crippen molar-refractivity contribution in [3.8, 4) is 0 Å². The average molecular weight is 334 g/mol. The van der Waals surface area contributed by atoms with Crippen LogP contribution in [0.15, 0.2) is 30.3 Å². The highest BCUT2D eigenvalue weighted by Crippen LogP contribution is 2.05. The molecular weight excluding hydrogens is 312 g/mol. The van der Waals surface area contributed by atoms with Gasteiger partial charge in [0.15, 0.2) is 0 Å². The van der Waals surface area contributed by atoms with Crippen LogP contribution in [0.25, 0.3) is 0 Å². The Hall–Kier alpha value is -2.90. The van der Waals surface area contributed by atoms with Gasteiger partial charge in [-0.3, -0.25) is 19.2 Å². The number of hydrogen-bond donors (Lipinski definition) is 4. The lowest BCUT2D eigenvalue weighted by molar-refractivity contribution is -0.131. The molecule has 0 radical (unpaired) electrons. The van der Waals surface area contributed by atoms with Crippen LogP contribution >= 0.6 is 0 Å². The summed E-state index contributed by atoms with van der Waals surface area (Å²) in [5.41, 5.74) is 11.1. The van der Waals surface area contributed by atoms with Gasteiger partial charge < -0.3 is 22.1 Å². The molecule has 1 aromatic carbocycles. The van der Waals surface area contributed by atoms with E-state index in [4.69, 9.17) is 11.5 Å². The fourth-order valence-electron chi connectivity index (χ4n) is 2.15. The van der Waals surface area contributed by atoms with Crippen LogP contribution in [0.3, 0.4) is 0 Å². The minimum atomic E-state index is -1.03. The lowest BCUT2D eigenvalue weighted by atomic mass is 10.0. The molecule has 0 aliphatic heterocycles. The summed E-state index contributed by atoms with van der Waals surface area (Å²) in [5, 5.41) is 5.00. The maximum absolute atomic E-state index is 12.4. The fourth-order valence-corrected chi connectivity index (χ4v) is 2.15. The van der Waals surface area contributed by atoms with Crippen molar-refractivity contribution in [2.45, 2.75) is 38.3 Å².